The Kier molecular flexibility index (Phi) is 3.16. The van der Waals surface area contributed by atoms with E-state index in [4.69, 9.17) is 4.74 Å². The predicted octanol–water partition coefficient (Wildman–Crippen LogP) is 3.09. The maximum absolute atomic E-state index is 5.93. The summed E-state index contributed by atoms with van der Waals surface area (Å²) in [6.45, 7) is 11.4. The number of rotatable bonds is 1. The van der Waals surface area contributed by atoms with E-state index < -0.39 is 0 Å². The second-order valence-electron chi connectivity index (χ2n) is 4.37. The molecule has 0 aromatic carbocycles. The lowest BCUT2D eigenvalue weighted by Gasteiger charge is -2.42. The molecule has 1 rings (SSSR count). The maximum atomic E-state index is 5.93. The average molecular weight is 170 g/mol. The standard InChI is InChI=1S/C11H22O/c1-6-11-9(4)7(2)8(3)10(5)12-11/h7-11H,6H2,1-5H3/t7-,8?,9+,10?,11?/m1/s1. The van der Waals surface area contributed by atoms with Crippen LogP contribution < -0.4 is 0 Å². The summed E-state index contributed by atoms with van der Waals surface area (Å²) in [6.07, 6.45) is 2.09. The molecule has 72 valence electrons. The lowest BCUT2D eigenvalue weighted by Crippen LogP contribution is -2.42. The van der Waals surface area contributed by atoms with Gasteiger partial charge in [-0.15, -0.1) is 0 Å². The minimum atomic E-state index is 0.446. The fraction of sp³-hybridized carbons (Fsp3) is 1.00. The van der Waals surface area contributed by atoms with Crippen LogP contribution in [0.15, 0.2) is 0 Å². The first-order chi connectivity index (χ1) is 5.57. The topological polar surface area (TPSA) is 9.23 Å². The molecule has 1 nitrogen and oxygen atoms in total. The summed E-state index contributed by atoms with van der Waals surface area (Å²) in [5, 5.41) is 0. The van der Waals surface area contributed by atoms with Crippen LogP contribution in [0.3, 0.4) is 0 Å². The van der Waals surface area contributed by atoms with Crippen LogP contribution in [0, 0.1) is 17.8 Å². The molecular weight excluding hydrogens is 148 g/mol. The van der Waals surface area contributed by atoms with Gasteiger partial charge in [-0.2, -0.15) is 0 Å². The zero-order chi connectivity index (χ0) is 9.30. The van der Waals surface area contributed by atoms with Crippen molar-refractivity contribution in [1.82, 2.24) is 0 Å². The molecule has 0 aromatic rings. The van der Waals surface area contributed by atoms with Crippen LogP contribution in [-0.4, -0.2) is 12.2 Å². The molecule has 3 unspecified atom stereocenters. The van der Waals surface area contributed by atoms with Gasteiger partial charge in [-0.1, -0.05) is 27.7 Å². The molecule has 0 amide bonds. The highest BCUT2D eigenvalue weighted by molar-refractivity contribution is 4.83. The largest absolute Gasteiger partial charge is 0.375 e. The van der Waals surface area contributed by atoms with Gasteiger partial charge in [0.2, 0.25) is 0 Å². The highest BCUT2D eigenvalue weighted by Crippen LogP contribution is 2.35. The molecule has 5 atom stereocenters. The van der Waals surface area contributed by atoms with Gasteiger partial charge in [-0.25, -0.2) is 0 Å². The first kappa shape index (κ1) is 10.0. The Labute approximate surface area is 76.5 Å². The van der Waals surface area contributed by atoms with Crippen molar-refractivity contribution in [1.29, 1.82) is 0 Å². The van der Waals surface area contributed by atoms with E-state index in [-0.39, 0.29) is 0 Å². The second kappa shape index (κ2) is 3.78. The van der Waals surface area contributed by atoms with Crippen molar-refractivity contribution < 1.29 is 4.74 Å². The molecule has 1 saturated heterocycles. The summed E-state index contributed by atoms with van der Waals surface area (Å²) in [5.74, 6) is 2.24. The highest BCUT2D eigenvalue weighted by atomic mass is 16.5. The smallest absolute Gasteiger partial charge is 0.0604 e. The molecule has 0 N–H and O–H groups in total. The van der Waals surface area contributed by atoms with E-state index in [1.54, 1.807) is 0 Å². The molecule has 0 aliphatic carbocycles. The van der Waals surface area contributed by atoms with Crippen LogP contribution in [0.25, 0.3) is 0 Å². The van der Waals surface area contributed by atoms with Crippen LogP contribution in [0.1, 0.15) is 41.0 Å². The van der Waals surface area contributed by atoms with Gasteiger partial charge in [0.15, 0.2) is 0 Å². The highest BCUT2D eigenvalue weighted by Gasteiger charge is 2.35. The molecule has 0 aromatic heterocycles. The van der Waals surface area contributed by atoms with Gasteiger partial charge in [0.25, 0.3) is 0 Å². The van der Waals surface area contributed by atoms with Crippen molar-refractivity contribution in [3.63, 3.8) is 0 Å². The van der Waals surface area contributed by atoms with Crippen LogP contribution >= 0.6 is 0 Å². The predicted molar refractivity (Wildman–Crippen MR) is 52.1 cm³/mol. The molecule has 0 radical (unpaired) electrons. The third kappa shape index (κ3) is 1.66. The summed E-state index contributed by atoms with van der Waals surface area (Å²) < 4.78 is 5.93. The summed E-state index contributed by atoms with van der Waals surface area (Å²) in [4.78, 5) is 0. The SMILES string of the molecule is CCC1OC(C)C(C)[C@@H](C)[C@@H]1C. The van der Waals surface area contributed by atoms with Crippen molar-refractivity contribution in [2.45, 2.75) is 53.2 Å². The monoisotopic (exact) mass is 170 g/mol. The zero-order valence-corrected chi connectivity index (χ0v) is 9.00. The molecule has 1 aliphatic heterocycles. The second-order valence-corrected chi connectivity index (χ2v) is 4.37. The van der Waals surface area contributed by atoms with Gasteiger partial charge in [0.05, 0.1) is 12.2 Å². The van der Waals surface area contributed by atoms with Crippen LogP contribution in [0.2, 0.25) is 0 Å². The Hall–Kier alpha value is -0.0400. The minimum absolute atomic E-state index is 0.446. The van der Waals surface area contributed by atoms with E-state index in [2.05, 4.69) is 34.6 Å². The van der Waals surface area contributed by atoms with Gasteiger partial charge in [0.1, 0.15) is 0 Å². The van der Waals surface area contributed by atoms with Gasteiger partial charge in [-0.3, -0.25) is 0 Å². The van der Waals surface area contributed by atoms with E-state index >= 15 is 0 Å². The third-order valence-electron chi connectivity index (χ3n) is 3.78. The Morgan fingerprint density at radius 1 is 0.917 bits per heavy atom. The van der Waals surface area contributed by atoms with Crippen molar-refractivity contribution >= 4 is 0 Å². The van der Waals surface area contributed by atoms with Gasteiger partial charge in [-0.05, 0) is 31.1 Å². The van der Waals surface area contributed by atoms with Crippen molar-refractivity contribution in [2.24, 2.45) is 17.8 Å². The van der Waals surface area contributed by atoms with Gasteiger partial charge >= 0.3 is 0 Å². The van der Waals surface area contributed by atoms with Gasteiger partial charge in [0, 0.05) is 0 Å². The van der Waals surface area contributed by atoms with Crippen LogP contribution in [0.4, 0.5) is 0 Å². The quantitative estimate of drug-likeness (QED) is 0.587. The zero-order valence-electron chi connectivity index (χ0n) is 9.00. The Balaban J connectivity index is 2.63. The van der Waals surface area contributed by atoms with E-state index in [0.717, 1.165) is 18.3 Å². The molecule has 1 heterocycles. The molecule has 0 spiro atoms. The van der Waals surface area contributed by atoms with Crippen molar-refractivity contribution in [3.8, 4) is 0 Å². The Bertz CT molecular complexity index is 139. The summed E-state index contributed by atoms with van der Waals surface area (Å²) >= 11 is 0. The van der Waals surface area contributed by atoms with Crippen molar-refractivity contribution in [3.05, 3.63) is 0 Å². The van der Waals surface area contributed by atoms with E-state index in [0.29, 0.717) is 18.1 Å². The molecule has 12 heavy (non-hydrogen) atoms. The maximum Gasteiger partial charge on any atom is 0.0604 e. The fourth-order valence-corrected chi connectivity index (χ4v) is 2.24. The Morgan fingerprint density at radius 3 is 2.00 bits per heavy atom. The van der Waals surface area contributed by atoms with E-state index in [1.165, 1.54) is 0 Å². The van der Waals surface area contributed by atoms with E-state index in [1.807, 2.05) is 0 Å². The number of hydrogen-bond acceptors (Lipinski definition) is 1. The van der Waals surface area contributed by atoms with Crippen molar-refractivity contribution in [2.75, 3.05) is 0 Å². The summed E-state index contributed by atoms with van der Waals surface area (Å²) in [5.41, 5.74) is 0. The molecule has 1 aliphatic rings. The Morgan fingerprint density at radius 2 is 1.50 bits per heavy atom. The lowest BCUT2D eigenvalue weighted by atomic mass is 9.76. The summed E-state index contributed by atoms with van der Waals surface area (Å²) in [6, 6.07) is 0. The minimum Gasteiger partial charge on any atom is -0.375 e. The lowest BCUT2D eigenvalue weighted by molar-refractivity contribution is -0.125. The molecular formula is C11H22O. The average Bonchev–Trinajstić information content (AvgIpc) is 2.08. The summed E-state index contributed by atoms with van der Waals surface area (Å²) in [7, 11) is 0. The molecule has 1 heteroatoms. The molecule has 0 bridgehead atoms. The molecule has 1 fully saturated rings. The first-order valence-electron chi connectivity index (χ1n) is 5.23. The number of hydrogen-bond donors (Lipinski definition) is 0. The van der Waals surface area contributed by atoms with Crippen LogP contribution in [0.5, 0.6) is 0 Å². The van der Waals surface area contributed by atoms with Crippen LogP contribution in [-0.2, 0) is 4.74 Å². The number of ether oxygens (including phenoxy) is 1. The fourth-order valence-electron chi connectivity index (χ4n) is 2.24. The third-order valence-corrected chi connectivity index (χ3v) is 3.78. The van der Waals surface area contributed by atoms with Gasteiger partial charge < -0.3 is 4.74 Å². The first-order valence-corrected chi connectivity index (χ1v) is 5.23. The molecule has 0 saturated carbocycles. The normalized spacial score (nSPS) is 49.2. The van der Waals surface area contributed by atoms with E-state index in [9.17, 15) is 0 Å².